The SMILES string of the molecule is CC1CCC2C(CCC3C2CCC2(C)C(C(=O)CCn4cc(C#N)cn4)CCC32)C1. The maximum Gasteiger partial charge on any atom is 0.138 e. The molecule has 1 aromatic rings. The van der Waals surface area contributed by atoms with Crippen molar-refractivity contribution < 1.29 is 4.79 Å². The summed E-state index contributed by atoms with van der Waals surface area (Å²) in [6, 6.07) is 2.11. The maximum absolute atomic E-state index is 13.3. The summed E-state index contributed by atoms with van der Waals surface area (Å²) in [5.74, 6) is 6.16. The first-order valence-electron chi connectivity index (χ1n) is 12.4. The molecular weight excluding hydrogens is 370 g/mol. The number of ketones is 1. The maximum atomic E-state index is 13.3. The molecule has 0 bridgehead atoms. The zero-order chi connectivity index (χ0) is 20.9. The van der Waals surface area contributed by atoms with E-state index < -0.39 is 0 Å². The molecule has 0 aliphatic heterocycles. The Morgan fingerprint density at radius 3 is 2.80 bits per heavy atom. The Morgan fingerprint density at radius 1 is 1.17 bits per heavy atom. The lowest BCUT2D eigenvalue weighted by Gasteiger charge is -2.56. The van der Waals surface area contributed by atoms with Crippen molar-refractivity contribution in [3.8, 4) is 6.07 Å². The molecule has 0 spiro atoms. The molecular formula is C26H37N3O. The first kappa shape index (κ1) is 20.3. The molecule has 30 heavy (non-hydrogen) atoms. The lowest BCUT2D eigenvalue weighted by molar-refractivity contribution is -0.130. The summed E-state index contributed by atoms with van der Waals surface area (Å²) in [4.78, 5) is 13.3. The quantitative estimate of drug-likeness (QED) is 0.651. The van der Waals surface area contributed by atoms with E-state index in [0.29, 0.717) is 24.3 Å². The largest absolute Gasteiger partial charge is 0.299 e. The molecule has 4 fully saturated rings. The van der Waals surface area contributed by atoms with Gasteiger partial charge in [-0.3, -0.25) is 9.48 Å². The van der Waals surface area contributed by atoms with Crippen molar-refractivity contribution in [3.05, 3.63) is 18.0 Å². The fraction of sp³-hybridized carbons (Fsp3) is 0.808. The van der Waals surface area contributed by atoms with E-state index in [0.717, 1.165) is 41.9 Å². The molecule has 4 nitrogen and oxygen atoms in total. The number of aryl methyl sites for hydroxylation is 1. The number of nitriles is 1. The van der Waals surface area contributed by atoms with Gasteiger partial charge in [-0.2, -0.15) is 10.4 Å². The van der Waals surface area contributed by atoms with Crippen molar-refractivity contribution in [1.29, 1.82) is 5.26 Å². The minimum Gasteiger partial charge on any atom is -0.299 e. The number of carbonyl (C=O) groups excluding carboxylic acids is 1. The highest BCUT2D eigenvalue weighted by molar-refractivity contribution is 5.82. The molecule has 5 rings (SSSR count). The summed E-state index contributed by atoms with van der Waals surface area (Å²) in [7, 11) is 0. The smallest absolute Gasteiger partial charge is 0.138 e. The predicted octanol–water partition coefficient (Wildman–Crippen LogP) is 5.62. The summed E-state index contributed by atoms with van der Waals surface area (Å²) in [6.45, 7) is 5.52. The lowest BCUT2D eigenvalue weighted by Crippen LogP contribution is -2.49. The second-order valence-corrected chi connectivity index (χ2v) is 11.3. The van der Waals surface area contributed by atoms with Gasteiger partial charge in [-0.1, -0.05) is 20.3 Å². The fourth-order valence-corrected chi connectivity index (χ4v) is 8.56. The van der Waals surface area contributed by atoms with Gasteiger partial charge < -0.3 is 0 Å². The van der Waals surface area contributed by atoms with Crippen molar-refractivity contribution in [2.24, 2.45) is 46.8 Å². The Balaban J connectivity index is 1.26. The van der Waals surface area contributed by atoms with Crippen LogP contribution in [0, 0.1) is 58.2 Å². The third kappa shape index (κ3) is 3.33. The average molecular weight is 408 g/mol. The Labute approximate surface area is 181 Å². The third-order valence-electron chi connectivity index (χ3n) is 9.96. The van der Waals surface area contributed by atoms with Crippen LogP contribution >= 0.6 is 0 Å². The number of fused-ring (bicyclic) bond motifs is 5. The molecule has 4 saturated carbocycles. The van der Waals surface area contributed by atoms with Crippen molar-refractivity contribution in [2.75, 3.05) is 0 Å². The molecule has 0 aromatic carbocycles. The molecule has 8 unspecified atom stereocenters. The number of nitrogens with zero attached hydrogens (tertiary/aromatic N) is 3. The number of hydrogen-bond donors (Lipinski definition) is 0. The van der Waals surface area contributed by atoms with Gasteiger partial charge >= 0.3 is 0 Å². The number of Topliss-reactive ketones (excluding diaryl/α,β-unsaturated/α-hetero) is 1. The van der Waals surface area contributed by atoms with Crippen LogP contribution in [0.4, 0.5) is 0 Å². The van der Waals surface area contributed by atoms with Crippen LogP contribution in [-0.2, 0) is 11.3 Å². The molecule has 4 heteroatoms. The number of hydrogen-bond acceptors (Lipinski definition) is 3. The molecule has 4 aliphatic rings. The summed E-state index contributed by atoms with van der Waals surface area (Å²) < 4.78 is 1.76. The zero-order valence-electron chi connectivity index (χ0n) is 18.7. The van der Waals surface area contributed by atoms with Gasteiger partial charge in [-0.25, -0.2) is 0 Å². The number of aromatic nitrogens is 2. The van der Waals surface area contributed by atoms with Gasteiger partial charge in [0.2, 0.25) is 0 Å². The standard InChI is InChI=1S/C26H37N3O/c1-17-3-5-20-19(13-17)4-6-22-21(20)9-11-26(2)23(22)7-8-24(26)25(30)10-12-29-16-18(14-27)15-28-29/h15-17,19-24H,3-13H2,1-2H3. The molecule has 1 aromatic heterocycles. The normalized spacial score (nSPS) is 42.6. The van der Waals surface area contributed by atoms with Gasteiger partial charge in [-0.05, 0) is 92.3 Å². The zero-order valence-corrected chi connectivity index (χ0v) is 18.7. The van der Waals surface area contributed by atoms with Gasteiger partial charge in [0.15, 0.2) is 0 Å². The molecule has 0 N–H and O–H groups in total. The van der Waals surface area contributed by atoms with Gasteiger partial charge in [0.25, 0.3) is 0 Å². The minimum absolute atomic E-state index is 0.217. The fourth-order valence-electron chi connectivity index (χ4n) is 8.56. The number of rotatable bonds is 4. The van der Waals surface area contributed by atoms with Gasteiger partial charge in [-0.15, -0.1) is 0 Å². The lowest BCUT2D eigenvalue weighted by atomic mass is 9.49. The Morgan fingerprint density at radius 2 is 2.00 bits per heavy atom. The average Bonchev–Trinajstić information content (AvgIpc) is 3.35. The van der Waals surface area contributed by atoms with Crippen molar-refractivity contribution in [3.63, 3.8) is 0 Å². The van der Waals surface area contributed by atoms with Crippen LogP contribution in [0.1, 0.15) is 83.6 Å². The Kier molecular flexibility index (Phi) is 5.28. The van der Waals surface area contributed by atoms with Crippen LogP contribution in [0.15, 0.2) is 12.4 Å². The van der Waals surface area contributed by atoms with Crippen molar-refractivity contribution in [2.45, 2.75) is 84.6 Å². The van der Waals surface area contributed by atoms with E-state index in [1.807, 2.05) is 0 Å². The first-order valence-corrected chi connectivity index (χ1v) is 12.4. The van der Waals surface area contributed by atoms with Gasteiger partial charge in [0, 0.05) is 25.1 Å². The summed E-state index contributed by atoms with van der Waals surface area (Å²) in [5.41, 5.74) is 0.788. The second-order valence-electron chi connectivity index (χ2n) is 11.3. The van der Waals surface area contributed by atoms with E-state index in [9.17, 15) is 4.79 Å². The van der Waals surface area contributed by atoms with Crippen LogP contribution in [0.2, 0.25) is 0 Å². The van der Waals surface area contributed by atoms with Crippen LogP contribution in [-0.4, -0.2) is 15.6 Å². The van der Waals surface area contributed by atoms with Crippen molar-refractivity contribution >= 4 is 5.78 Å². The highest BCUT2D eigenvalue weighted by Crippen LogP contribution is 2.64. The van der Waals surface area contributed by atoms with Gasteiger partial charge in [0.05, 0.1) is 11.8 Å². The monoisotopic (exact) mass is 407 g/mol. The summed E-state index contributed by atoms with van der Waals surface area (Å²) in [6.07, 6.45) is 16.1. The number of carbonyl (C=O) groups is 1. The van der Waals surface area contributed by atoms with E-state index in [2.05, 4.69) is 25.0 Å². The first-order chi connectivity index (χ1) is 14.5. The van der Waals surface area contributed by atoms with E-state index in [1.54, 1.807) is 17.1 Å². The van der Waals surface area contributed by atoms with Crippen LogP contribution in [0.5, 0.6) is 0 Å². The molecule has 162 valence electrons. The van der Waals surface area contributed by atoms with Crippen molar-refractivity contribution in [1.82, 2.24) is 9.78 Å². The summed E-state index contributed by atoms with van der Waals surface area (Å²) >= 11 is 0. The molecule has 8 atom stereocenters. The molecule has 1 heterocycles. The Hall–Kier alpha value is -1.63. The molecule has 0 amide bonds. The van der Waals surface area contributed by atoms with E-state index in [1.165, 1.54) is 51.4 Å². The van der Waals surface area contributed by atoms with Crippen LogP contribution in [0.25, 0.3) is 0 Å². The second kappa shape index (κ2) is 7.81. The highest BCUT2D eigenvalue weighted by Gasteiger charge is 2.58. The molecule has 0 radical (unpaired) electrons. The van der Waals surface area contributed by atoms with E-state index in [4.69, 9.17) is 5.26 Å². The van der Waals surface area contributed by atoms with Crippen LogP contribution < -0.4 is 0 Å². The van der Waals surface area contributed by atoms with Crippen LogP contribution in [0.3, 0.4) is 0 Å². The van der Waals surface area contributed by atoms with Gasteiger partial charge in [0.1, 0.15) is 11.9 Å². The summed E-state index contributed by atoms with van der Waals surface area (Å²) in [5, 5.41) is 13.2. The topological polar surface area (TPSA) is 58.7 Å². The van der Waals surface area contributed by atoms with E-state index in [-0.39, 0.29) is 11.3 Å². The van der Waals surface area contributed by atoms with E-state index >= 15 is 0 Å². The molecule has 0 saturated heterocycles. The highest BCUT2D eigenvalue weighted by atomic mass is 16.1. The predicted molar refractivity (Wildman–Crippen MR) is 116 cm³/mol. The Bertz CT molecular complexity index is 838. The minimum atomic E-state index is 0.217. The molecule has 4 aliphatic carbocycles. The third-order valence-corrected chi connectivity index (χ3v) is 9.96.